The summed E-state index contributed by atoms with van der Waals surface area (Å²) in [6.07, 6.45) is 2.20. The smallest absolute Gasteiger partial charge is 0.114 e. The fourth-order valence-corrected chi connectivity index (χ4v) is 5.26. The van der Waals surface area contributed by atoms with Crippen LogP contribution in [-0.4, -0.2) is 13.1 Å². The first-order chi connectivity index (χ1) is 8.69. The molecule has 3 aromatic rings. The molecule has 0 fully saturated rings. The van der Waals surface area contributed by atoms with Crippen LogP contribution in [0.4, 0.5) is 0 Å². The van der Waals surface area contributed by atoms with Crippen LogP contribution in [0.2, 0.25) is 13.1 Å². The first-order valence-electron chi connectivity index (χ1n) is 6.32. The lowest BCUT2D eigenvalue weighted by atomic mass is 10.2. The van der Waals surface area contributed by atoms with Crippen LogP contribution in [-0.2, 0) is 0 Å². The lowest BCUT2D eigenvalue weighted by Gasteiger charge is -2.22. The third-order valence-electron chi connectivity index (χ3n) is 3.76. The van der Waals surface area contributed by atoms with Gasteiger partial charge in [-0.3, -0.25) is 0 Å². The van der Waals surface area contributed by atoms with E-state index in [2.05, 4.69) is 78.9 Å². The molecule has 3 rings (SSSR count). The monoisotopic (exact) mass is 251 g/mol. The number of nitrogens with one attached hydrogen (secondary N) is 1. The van der Waals surface area contributed by atoms with E-state index in [1.165, 1.54) is 21.3 Å². The van der Waals surface area contributed by atoms with E-state index in [1.54, 1.807) is 0 Å². The summed E-state index contributed by atoms with van der Waals surface area (Å²) in [6, 6.07) is 19.4. The summed E-state index contributed by atoms with van der Waals surface area (Å²) in [4.78, 5) is 3.40. The molecule has 1 heterocycles. The fraction of sp³-hybridized carbons (Fsp3) is 0.125. The van der Waals surface area contributed by atoms with E-state index < -0.39 is 8.07 Å². The summed E-state index contributed by atoms with van der Waals surface area (Å²) < 4.78 is 0. The van der Waals surface area contributed by atoms with Crippen LogP contribution in [0.15, 0.2) is 60.8 Å². The van der Waals surface area contributed by atoms with E-state index in [0.29, 0.717) is 0 Å². The van der Waals surface area contributed by atoms with E-state index in [1.807, 2.05) is 0 Å². The second-order valence-electron chi connectivity index (χ2n) is 5.24. The van der Waals surface area contributed by atoms with Crippen molar-refractivity contribution >= 4 is 29.4 Å². The predicted molar refractivity (Wildman–Crippen MR) is 81.5 cm³/mol. The molecule has 0 radical (unpaired) electrons. The van der Waals surface area contributed by atoms with E-state index in [9.17, 15) is 0 Å². The normalized spacial score (nSPS) is 11.9. The Balaban J connectivity index is 2.20. The molecule has 1 nitrogen and oxygen atoms in total. The highest BCUT2D eigenvalue weighted by Crippen LogP contribution is 2.14. The van der Waals surface area contributed by atoms with Gasteiger partial charge in [0.15, 0.2) is 0 Å². The predicted octanol–water partition coefficient (Wildman–Crippen LogP) is 2.99. The highest BCUT2D eigenvalue weighted by Gasteiger charge is 2.28. The Morgan fingerprint density at radius 3 is 2.28 bits per heavy atom. The minimum atomic E-state index is -1.60. The average Bonchev–Trinajstić information content (AvgIpc) is 2.84. The van der Waals surface area contributed by atoms with Crippen molar-refractivity contribution in [3.05, 3.63) is 60.8 Å². The summed E-state index contributed by atoms with van der Waals surface area (Å²) in [5, 5.41) is 4.34. The number of hydrogen-bond acceptors (Lipinski definition) is 0. The van der Waals surface area contributed by atoms with E-state index >= 15 is 0 Å². The van der Waals surface area contributed by atoms with Gasteiger partial charge in [-0.05, 0) is 16.6 Å². The van der Waals surface area contributed by atoms with Crippen LogP contribution in [0.25, 0.3) is 10.9 Å². The molecule has 2 aromatic carbocycles. The minimum absolute atomic E-state index is 1.24. The quantitative estimate of drug-likeness (QED) is 0.674. The highest BCUT2D eigenvalue weighted by molar-refractivity contribution is 7.01. The van der Waals surface area contributed by atoms with Gasteiger partial charge in [-0.2, -0.15) is 0 Å². The van der Waals surface area contributed by atoms with Crippen molar-refractivity contribution in [2.24, 2.45) is 0 Å². The van der Waals surface area contributed by atoms with Gasteiger partial charge >= 0.3 is 0 Å². The Morgan fingerprint density at radius 2 is 1.50 bits per heavy atom. The van der Waals surface area contributed by atoms with Crippen molar-refractivity contribution in [3.8, 4) is 0 Å². The Kier molecular flexibility index (Phi) is 2.60. The summed E-state index contributed by atoms with van der Waals surface area (Å²) in [6.45, 7) is 4.83. The van der Waals surface area contributed by atoms with Gasteiger partial charge in [0.1, 0.15) is 8.07 Å². The maximum absolute atomic E-state index is 3.40. The number of aromatic nitrogens is 1. The molecule has 0 atom stereocenters. The molecule has 2 heteroatoms. The SMILES string of the molecule is C[Si](C)(c1ccccc1)c1c[nH]c2ccccc12. The molecule has 1 N–H and O–H groups in total. The molecule has 0 aliphatic rings. The van der Waals surface area contributed by atoms with Crippen molar-refractivity contribution in [3.63, 3.8) is 0 Å². The van der Waals surface area contributed by atoms with Crippen molar-refractivity contribution in [2.45, 2.75) is 13.1 Å². The third kappa shape index (κ3) is 1.69. The van der Waals surface area contributed by atoms with Crippen LogP contribution in [0.5, 0.6) is 0 Å². The van der Waals surface area contributed by atoms with E-state index in [4.69, 9.17) is 0 Å². The summed E-state index contributed by atoms with van der Waals surface area (Å²) in [5.74, 6) is 0. The molecular weight excluding hydrogens is 234 g/mol. The maximum Gasteiger partial charge on any atom is 0.114 e. The lowest BCUT2D eigenvalue weighted by Crippen LogP contribution is -2.52. The van der Waals surface area contributed by atoms with Crippen molar-refractivity contribution < 1.29 is 0 Å². The van der Waals surface area contributed by atoms with Gasteiger partial charge in [0.05, 0.1) is 0 Å². The van der Waals surface area contributed by atoms with Gasteiger partial charge < -0.3 is 4.98 Å². The molecule has 0 amide bonds. The van der Waals surface area contributed by atoms with E-state index in [-0.39, 0.29) is 0 Å². The van der Waals surface area contributed by atoms with Crippen LogP contribution < -0.4 is 10.4 Å². The number of aromatic amines is 1. The van der Waals surface area contributed by atoms with Crippen LogP contribution in [0, 0.1) is 0 Å². The third-order valence-corrected chi connectivity index (χ3v) is 7.30. The number of H-pyrrole nitrogens is 1. The molecular formula is C16H17NSi. The van der Waals surface area contributed by atoms with Gasteiger partial charge in [-0.25, -0.2) is 0 Å². The Hall–Kier alpha value is -1.80. The number of rotatable bonds is 2. The second kappa shape index (κ2) is 4.14. The molecule has 0 saturated carbocycles. The second-order valence-corrected chi connectivity index (χ2v) is 9.60. The van der Waals surface area contributed by atoms with Crippen molar-refractivity contribution in [1.29, 1.82) is 0 Å². The molecule has 1 aromatic heterocycles. The Bertz CT molecular complexity index is 668. The number of hydrogen-bond donors (Lipinski definition) is 1. The molecule has 0 saturated heterocycles. The van der Waals surface area contributed by atoms with Gasteiger partial charge in [0.2, 0.25) is 0 Å². The zero-order valence-corrected chi connectivity index (χ0v) is 11.8. The van der Waals surface area contributed by atoms with Crippen LogP contribution in [0.3, 0.4) is 0 Å². The Morgan fingerprint density at radius 1 is 0.833 bits per heavy atom. The largest absolute Gasteiger partial charge is 0.361 e. The van der Waals surface area contributed by atoms with Crippen LogP contribution >= 0.6 is 0 Å². The number of benzene rings is 2. The average molecular weight is 251 g/mol. The molecule has 18 heavy (non-hydrogen) atoms. The summed E-state index contributed by atoms with van der Waals surface area (Å²) >= 11 is 0. The minimum Gasteiger partial charge on any atom is -0.361 e. The van der Waals surface area contributed by atoms with Crippen molar-refractivity contribution in [2.75, 3.05) is 0 Å². The van der Waals surface area contributed by atoms with Gasteiger partial charge in [-0.1, -0.05) is 66.8 Å². The maximum atomic E-state index is 3.40. The molecule has 0 aliphatic carbocycles. The lowest BCUT2D eigenvalue weighted by molar-refractivity contribution is 1.48. The first-order valence-corrected chi connectivity index (χ1v) is 9.32. The molecule has 90 valence electrons. The van der Waals surface area contributed by atoms with Gasteiger partial charge in [0, 0.05) is 11.7 Å². The molecule has 0 aliphatic heterocycles. The molecule has 0 spiro atoms. The van der Waals surface area contributed by atoms with Gasteiger partial charge in [-0.15, -0.1) is 0 Å². The first kappa shape index (κ1) is 11.3. The zero-order valence-electron chi connectivity index (χ0n) is 10.8. The molecule has 0 bridgehead atoms. The van der Waals surface area contributed by atoms with E-state index in [0.717, 1.165) is 0 Å². The summed E-state index contributed by atoms with van der Waals surface area (Å²) in [5.41, 5.74) is 1.24. The van der Waals surface area contributed by atoms with Crippen molar-refractivity contribution in [1.82, 2.24) is 4.98 Å². The van der Waals surface area contributed by atoms with Gasteiger partial charge in [0.25, 0.3) is 0 Å². The zero-order chi connectivity index (χ0) is 12.6. The Labute approximate surface area is 108 Å². The highest BCUT2D eigenvalue weighted by atomic mass is 28.3. The topological polar surface area (TPSA) is 15.8 Å². The fourth-order valence-electron chi connectivity index (χ4n) is 2.60. The standard InChI is InChI=1S/C16H17NSi/c1-18(2,13-8-4-3-5-9-13)16-12-17-15-11-7-6-10-14(15)16/h3-12,17H,1-2H3. The van der Waals surface area contributed by atoms with Crippen LogP contribution in [0.1, 0.15) is 0 Å². The number of para-hydroxylation sites is 1. The molecule has 0 unspecified atom stereocenters. The summed E-state index contributed by atoms with van der Waals surface area (Å²) in [7, 11) is -1.60. The number of fused-ring (bicyclic) bond motifs is 1.